The zero-order chi connectivity index (χ0) is 22.6. The lowest BCUT2D eigenvalue weighted by Crippen LogP contribution is -2.42. The Balaban J connectivity index is 1.31. The molecule has 1 amide bonds. The first kappa shape index (κ1) is 22.9. The number of fused-ring (bicyclic) bond motifs is 1. The van der Waals surface area contributed by atoms with E-state index in [1.165, 1.54) is 37.3 Å². The van der Waals surface area contributed by atoms with Crippen molar-refractivity contribution in [2.45, 2.75) is 44.7 Å². The number of hydrogen-bond donors (Lipinski definition) is 0. The van der Waals surface area contributed by atoms with Crippen LogP contribution in [0.2, 0.25) is 0 Å². The summed E-state index contributed by atoms with van der Waals surface area (Å²) < 4.78 is 44.5. The summed E-state index contributed by atoms with van der Waals surface area (Å²) in [5.74, 6) is -0.698. The Kier molecular flexibility index (Phi) is 7.23. The molecule has 4 rings (SSSR count). The van der Waals surface area contributed by atoms with Gasteiger partial charge >= 0.3 is 6.18 Å². The van der Waals surface area contributed by atoms with E-state index < -0.39 is 12.1 Å². The Bertz CT molecular complexity index is 917. The maximum atomic E-state index is 12.9. The molecule has 0 aromatic heterocycles. The number of carbonyl (C=O) groups excluding carboxylic acids is 1. The molecule has 0 N–H and O–H groups in total. The molecule has 2 heterocycles. The lowest BCUT2D eigenvalue weighted by molar-refractivity contribution is -0.183. The number of nitrogens with zero attached hydrogens (tertiary/aromatic N) is 2. The van der Waals surface area contributed by atoms with Crippen LogP contribution in [0, 0.1) is 5.92 Å². The van der Waals surface area contributed by atoms with Crippen molar-refractivity contribution in [3.8, 4) is 5.75 Å². The Hall–Kier alpha value is -2.28. The van der Waals surface area contributed by atoms with E-state index in [0.717, 1.165) is 29.5 Å². The number of amides is 1. The van der Waals surface area contributed by atoms with E-state index in [4.69, 9.17) is 4.74 Å². The average molecular weight is 449 g/mol. The van der Waals surface area contributed by atoms with Gasteiger partial charge in [0.1, 0.15) is 5.75 Å². The number of benzene rings is 2. The van der Waals surface area contributed by atoms with E-state index in [-0.39, 0.29) is 31.8 Å². The van der Waals surface area contributed by atoms with Crippen LogP contribution in [0.3, 0.4) is 0 Å². The van der Waals surface area contributed by atoms with Crippen LogP contribution >= 0.6 is 0 Å². The molecule has 0 radical (unpaired) electrons. The molecule has 2 aromatic carbocycles. The monoisotopic (exact) mass is 448 g/mol. The lowest BCUT2D eigenvalue weighted by atomic mass is 9.95. The third-order valence-corrected chi connectivity index (χ3v) is 6.64. The Labute approximate surface area is 187 Å². The van der Waals surface area contributed by atoms with Crippen LogP contribution in [-0.4, -0.2) is 61.2 Å². The van der Waals surface area contributed by atoms with Gasteiger partial charge in [0, 0.05) is 25.2 Å². The molecule has 0 bridgehead atoms. The molecular formula is C25H31F3N2O2. The zero-order valence-electron chi connectivity index (χ0n) is 18.4. The molecule has 4 nitrogen and oxygen atoms in total. The molecule has 174 valence electrons. The second kappa shape index (κ2) is 10.1. The summed E-state index contributed by atoms with van der Waals surface area (Å²) in [5, 5.41) is 1.90. The minimum atomic E-state index is -4.18. The predicted molar refractivity (Wildman–Crippen MR) is 119 cm³/mol. The van der Waals surface area contributed by atoms with E-state index in [1.54, 1.807) is 6.07 Å². The fourth-order valence-electron chi connectivity index (χ4n) is 4.70. The van der Waals surface area contributed by atoms with Gasteiger partial charge in [-0.1, -0.05) is 18.6 Å². The van der Waals surface area contributed by atoms with Crippen molar-refractivity contribution in [2.24, 2.45) is 5.92 Å². The number of hydrogen-bond acceptors (Lipinski definition) is 3. The minimum absolute atomic E-state index is 0.0265. The highest BCUT2D eigenvalue weighted by Crippen LogP contribution is 2.34. The molecule has 2 aliphatic heterocycles. The van der Waals surface area contributed by atoms with Crippen LogP contribution < -0.4 is 4.74 Å². The molecular weight excluding hydrogens is 417 g/mol. The molecule has 0 saturated carbocycles. The van der Waals surface area contributed by atoms with Crippen molar-refractivity contribution in [3.05, 3.63) is 42.0 Å². The largest absolute Gasteiger partial charge is 0.494 e. The van der Waals surface area contributed by atoms with Gasteiger partial charge in [-0.05, 0) is 80.2 Å². The molecule has 7 heteroatoms. The van der Waals surface area contributed by atoms with Crippen LogP contribution in [0.5, 0.6) is 5.75 Å². The highest BCUT2D eigenvalue weighted by atomic mass is 19.4. The summed E-state index contributed by atoms with van der Waals surface area (Å²) in [5.41, 5.74) is 0.512. The molecule has 2 fully saturated rings. The number of rotatable bonds is 6. The Morgan fingerprint density at radius 3 is 2.34 bits per heavy atom. The van der Waals surface area contributed by atoms with E-state index in [9.17, 15) is 18.0 Å². The molecule has 0 unspecified atom stereocenters. The second-order valence-electron chi connectivity index (χ2n) is 8.94. The molecule has 0 spiro atoms. The number of ether oxygens (including phenoxy) is 1. The predicted octanol–water partition coefficient (Wildman–Crippen LogP) is 5.51. The van der Waals surface area contributed by atoms with Gasteiger partial charge in [0.05, 0.1) is 12.5 Å². The maximum absolute atomic E-state index is 12.9. The Morgan fingerprint density at radius 2 is 1.62 bits per heavy atom. The van der Waals surface area contributed by atoms with Gasteiger partial charge in [-0.15, -0.1) is 0 Å². The van der Waals surface area contributed by atoms with E-state index in [2.05, 4.69) is 4.90 Å². The number of halogens is 3. The van der Waals surface area contributed by atoms with Gasteiger partial charge < -0.3 is 14.5 Å². The SMILES string of the molecule is O=C(c1ccc2cc(OCCCN3CCCCC3)ccc2c1)N1CCC(C(F)(F)F)CC1. The van der Waals surface area contributed by atoms with Crippen molar-refractivity contribution in [1.82, 2.24) is 9.80 Å². The number of likely N-dealkylation sites (tertiary alicyclic amines) is 2. The van der Waals surface area contributed by atoms with Crippen molar-refractivity contribution in [3.63, 3.8) is 0 Å². The van der Waals surface area contributed by atoms with Crippen LogP contribution in [0.1, 0.15) is 48.9 Å². The normalized spacial score (nSPS) is 18.8. The lowest BCUT2D eigenvalue weighted by Gasteiger charge is -2.33. The Morgan fingerprint density at radius 1 is 0.938 bits per heavy atom. The fourth-order valence-corrected chi connectivity index (χ4v) is 4.70. The van der Waals surface area contributed by atoms with E-state index in [1.807, 2.05) is 30.3 Å². The first-order chi connectivity index (χ1) is 15.4. The molecule has 0 aliphatic carbocycles. The van der Waals surface area contributed by atoms with Gasteiger partial charge in [0.15, 0.2) is 0 Å². The maximum Gasteiger partial charge on any atom is 0.391 e. The van der Waals surface area contributed by atoms with Crippen LogP contribution in [-0.2, 0) is 0 Å². The molecule has 2 aromatic rings. The van der Waals surface area contributed by atoms with Crippen molar-refractivity contribution in [1.29, 1.82) is 0 Å². The van der Waals surface area contributed by atoms with Crippen LogP contribution in [0.15, 0.2) is 36.4 Å². The van der Waals surface area contributed by atoms with Gasteiger partial charge in [-0.2, -0.15) is 13.2 Å². The molecule has 32 heavy (non-hydrogen) atoms. The fraction of sp³-hybridized carbons (Fsp3) is 0.560. The van der Waals surface area contributed by atoms with Gasteiger partial charge in [-0.25, -0.2) is 0 Å². The third-order valence-electron chi connectivity index (χ3n) is 6.64. The van der Waals surface area contributed by atoms with Gasteiger partial charge in [-0.3, -0.25) is 4.79 Å². The van der Waals surface area contributed by atoms with E-state index >= 15 is 0 Å². The number of carbonyl (C=O) groups is 1. The average Bonchev–Trinajstić information content (AvgIpc) is 2.81. The molecule has 2 aliphatic rings. The van der Waals surface area contributed by atoms with Gasteiger partial charge in [0.2, 0.25) is 0 Å². The third kappa shape index (κ3) is 5.74. The van der Waals surface area contributed by atoms with Crippen molar-refractivity contribution >= 4 is 16.7 Å². The summed E-state index contributed by atoms with van der Waals surface area (Å²) in [6, 6.07) is 11.3. The smallest absolute Gasteiger partial charge is 0.391 e. The van der Waals surface area contributed by atoms with E-state index in [0.29, 0.717) is 12.2 Å². The summed E-state index contributed by atoms with van der Waals surface area (Å²) in [6.45, 7) is 4.41. The summed E-state index contributed by atoms with van der Waals surface area (Å²) in [4.78, 5) is 16.8. The second-order valence-corrected chi connectivity index (χ2v) is 8.94. The van der Waals surface area contributed by atoms with Crippen molar-refractivity contribution < 1.29 is 22.7 Å². The highest BCUT2D eigenvalue weighted by molar-refractivity contribution is 5.98. The summed E-state index contributed by atoms with van der Waals surface area (Å²) >= 11 is 0. The topological polar surface area (TPSA) is 32.8 Å². The number of piperidine rings is 2. The zero-order valence-corrected chi connectivity index (χ0v) is 18.4. The van der Waals surface area contributed by atoms with Crippen LogP contribution in [0.4, 0.5) is 13.2 Å². The first-order valence-electron chi connectivity index (χ1n) is 11.6. The summed E-state index contributed by atoms with van der Waals surface area (Å²) in [7, 11) is 0. The quantitative estimate of drug-likeness (QED) is 0.547. The van der Waals surface area contributed by atoms with Crippen LogP contribution in [0.25, 0.3) is 10.8 Å². The first-order valence-corrected chi connectivity index (χ1v) is 11.6. The van der Waals surface area contributed by atoms with Gasteiger partial charge in [0.25, 0.3) is 5.91 Å². The molecule has 0 atom stereocenters. The highest BCUT2D eigenvalue weighted by Gasteiger charge is 2.41. The standard InChI is InChI=1S/C25H31F3N2O2/c26-25(27,28)22-9-14-30(15-10-22)24(31)21-6-5-20-18-23(8-7-19(20)17-21)32-16-4-13-29-11-2-1-3-12-29/h5-8,17-18,22H,1-4,9-16H2. The minimum Gasteiger partial charge on any atom is -0.494 e. The molecule has 2 saturated heterocycles. The van der Waals surface area contributed by atoms with Crippen molar-refractivity contribution in [2.75, 3.05) is 39.3 Å². The summed E-state index contributed by atoms with van der Waals surface area (Å²) in [6.07, 6.45) is 0.697. The number of alkyl halides is 3.